The summed E-state index contributed by atoms with van der Waals surface area (Å²) in [5.74, 6) is 0. The zero-order valence-electron chi connectivity index (χ0n) is 14.8. The van der Waals surface area contributed by atoms with Crippen molar-refractivity contribution in [3.63, 3.8) is 0 Å². The lowest BCUT2D eigenvalue weighted by Crippen LogP contribution is -2.49. The van der Waals surface area contributed by atoms with E-state index in [1.54, 1.807) is 12.1 Å². The van der Waals surface area contributed by atoms with Crippen LogP contribution in [0.15, 0.2) is 54.6 Å². The molecular formula is C20H24ClN3O2. The second kappa shape index (κ2) is 9.03. The fourth-order valence-electron chi connectivity index (χ4n) is 3.34. The van der Waals surface area contributed by atoms with Crippen LogP contribution < -0.4 is 10.6 Å². The molecule has 1 aliphatic heterocycles. The SMILES string of the molecule is C[C@H](NC(=O)Nc1cccc(Cl)c1)[C@H](c1ccccc1)N1CCOCC1. The Balaban J connectivity index is 1.70. The molecule has 0 aromatic heterocycles. The van der Waals surface area contributed by atoms with Gasteiger partial charge in [0.2, 0.25) is 0 Å². The number of hydrogen-bond donors (Lipinski definition) is 2. The van der Waals surface area contributed by atoms with Gasteiger partial charge >= 0.3 is 6.03 Å². The van der Waals surface area contributed by atoms with Crippen molar-refractivity contribution in [3.05, 3.63) is 65.2 Å². The number of morpholine rings is 1. The summed E-state index contributed by atoms with van der Waals surface area (Å²) in [6.45, 7) is 5.16. The van der Waals surface area contributed by atoms with Crippen LogP contribution >= 0.6 is 11.6 Å². The monoisotopic (exact) mass is 373 g/mol. The molecule has 0 unspecified atom stereocenters. The van der Waals surface area contributed by atoms with Gasteiger partial charge in [-0.25, -0.2) is 4.79 Å². The number of amides is 2. The average molecular weight is 374 g/mol. The third-order valence-electron chi connectivity index (χ3n) is 4.50. The molecule has 0 bridgehead atoms. The minimum Gasteiger partial charge on any atom is -0.379 e. The van der Waals surface area contributed by atoms with Gasteiger partial charge in [0.25, 0.3) is 0 Å². The molecule has 1 heterocycles. The normalized spacial score (nSPS) is 17.3. The summed E-state index contributed by atoms with van der Waals surface area (Å²) in [4.78, 5) is 14.8. The number of hydrogen-bond acceptors (Lipinski definition) is 3. The number of carbonyl (C=O) groups is 1. The standard InChI is InChI=1S/C20H24ClN3O2/c1-15(22-20(25)23-18-9-5-8-17(21)14-18)19(16-6-3-2-4-7-16)24-10-12-26-13-11-24/h2-9,14-15,19H,10-13H2,1H3,(H2,22,23,25)/t15-,19+/m0/s1. The van der Waals surface area contributed by atoms with Gasteiger partial charge in [-0.3, -0.25) is 4.90 Å². The minimum absolute atomic E-state index is 0.0744. The summed E-state index contributed by atoms with van der Waals surface area (Å²) in [6.07, 6.45) is 0. The molecule has 3 rings (SSSR count). The third kappa shape index (κ3) is 4.97. The van der Waals surface area contributed by atoms with Gasteiger partial charge in [-0.2, -0.15) is 0 Å². The number of urea groups is 1. The first-order valence-corrected chi connectivity index (χ1v) is 9.21. The quantitative estimate of drug-likeness (QED) is 0.835. The lowest BCUT2D eigenvalue weighted by molar-refractivity contribution is 0.00974. The van der Waals surface area contributed by atoms with Crippen molar-refractivity contribution in [1.82, 2.24) is 10.2 Å². The van der Waals surface area contributed by atoms with Crippen LogP contribution in [-0.2, 0) is 4.74 Å². The smallest absolute Gasteiger partial charge is 0.319 e. The van der Waals surface area contributed by atoms with Crippen molar-refractivity contribution in [3.8, 4) is 0 Å². The maximum atomic E-state index is 12.4. The summed E-state index contributed by atoms with van der Waals surface area (Å²) in [6, 6.07) is 17.2. The maximum absolute atomic E-state index is 12.4. The molecule has 138 valence electrons. The predicted octanol–water partition coefficient (Wildman–Crippen LogP) is 3.92. The number of benzene rings is 2. The number of nitrogens with one attached hydrogen (secondary N) is 2. The van der Waals surface area contributed by atoms with E-state index in [2.05, 4.69) is 27.7 Å². The van der Waals surface area contributed by atoms with Crippen molar-refractivity contribution < 1.29 is 9.53 Å². The summed E-state index contributed by atoms with van der Waals surface area (Å²) in [7, 11) is 0. The summed E-state index contributed by atoms with van der Waals surface area (Å²) < 4.78 is 5.48. The number of nitrogens with zero attached hydrogens (tertiary/aromatic N) is 1. The first kappa shape index (κ1) is 18.7. The Kier molecular flexibility index (Phi) is 6.50. The first-order chi connectivity index (χ1) is 12.6. The number of carbonyl (C=O) groups excluding carboxylic acids is 1. The Hall–Kier alpha value is -2.08. The van der Waals surface area contributed by atoms with Crippen LogP contribution in [0, 0.1) is 0 Å². The van der Waals surface area contributed by atoms with Crippen molar-refractivity contribution in [2.45, 2.75) is 19.0 Å². The van der Waals surface area contributed by atoms with Gasteiger partial charge in [-0.15, -0.1) is 0 Å². The van der Waals surface area contributed by atoms with E-state index >= 15 is 0 Å². The second-order valence-electron chi connectivity index (χ2n) is 6.40. The molecule has 2 atom stereocenters. The van der Waals surface area contributed by atoms with Crippen LogP contribution in [0.2, 0.25) is 5.02 Å². The van der Waals surface area contributed by atoms with E-state index in [1.165, 1.54) is 5.56 Å². The zero-order valence-corrected chi connectivity index (χ0v) is 15.6. The highest BCUT2D eigenvalue weighted by atomic mass is 35.5. The molecule has 0 radical (unpaired) electrons. The largest absolute Gasteiger partial charge is 0.379 e. The van der Waals surface area contributed by atoms with Crippen molar-refractivity contribution in [1.29, 1.82) is 0 Å². The molecule has 2 amide bonds. The topological polar surface area (TPSA) is 53.6 Å². The first-order valence-electron chi connectivity index (χ1n) is 8.83. The van der Waals surface area contributed by atoms with E-state index in [-0.39, 0.29) is 18.1 Å². The van der Waals surface area contributed by atoms with Crippen molar-refractivity contribution in [2.24, 2.45) is 0 Å². The van der Waals surface area contributed by atoms with Crippen molar-refractivity contribution in [2.75, 3.05) is 31.6 Å². The molecule has 26 heavy (non-hydrogen) atoms. The third-order valence-corrected chi connectivity index (χ3v) is 4.73. The highest BCUT2D eigenvalue weighted by molar-refractivity contribution is 6.30. The fraction of sp³-hybridized carbons (Fsp3) is 0.350. The molecule has 2 N–H and O–H groups in total. The van der Waals surface area contributed by atoms with Gasteiger partial charge < -0.3 is 15.4 Å². The maximum Gasteiger partial charge on any atom is 0.319 e. The van der Waals surface area contributed by atoms with Crippen LogP contribution in [0.1, 0.15) is 18.5 Å². The van der Waals surface area contributed by atoms with Gasteiger partial charge in [0, 0.05) is 29.8 Å². The summed E-state index contributed by atoms with van der Waals surface area (Å²) >= 11 is 5.98. The van der Waals surface area contributed by atoms with E-state index in [0.29, 0.717) is 23.9 Å². The van der Waals surface area contributed by atoms with Crippen LogP contribution in [0.4, 0.5) is 10.5 Å². The van der Waals surface area contributed by atoms with Crippen LogP contribution in [0.25, 0.3) is 0 Å². The van der Waals surface area contributed by atoms with E-state index in [0.717, 1.165) is 13.1 Å². The lowest BCUT2D eigenvalue weighted by Gasteiger charge is -2.38. The molecule has 2 aromatic rings. The van der Waals surface area contributed by atoms with E-state index < -0.39 is 0 Å². The van der Waals surface area contributed by atoms with E-state index in [9.17, 15) is 4.79 Å². The minimum atomic E-state index is -0.242. The van der Waals surface area contributed by atoms with Gasteiger partial charge in [0.05, 0.1) is 19.3 Å². The highest BCUT2D eigenvalue weighted by Gasteiger charge is 2.28. The Bertz CT molecular complexity index is 720. The highest BCUT2D eigenvalue weighted by Crippen LogP contribution is 2.25. The molecule has 2 aromatic carbocycles. The lowest BCUT2D eigenvalue weighted by atomic mass is 9.98. The molecule has 0 spiro atoms. The molecule has 0 saturated carbocycles. The molecule has 0 aliphatic carbocycles. The Morgan fingerprint density at radius 3 is 2.54 bits per heavy atom. The Morgan fingerprint density at radius 1 is 1.12 bits per heavy atom. The molecule has 5 nitrogen and oxygen atoms in total. The predicted molar refractivity (Wildman–Crippen MR) is 105 cm³/mol. The Morgan fingerprint density at radius 2 is 1.85 bits per heavy atom. The van der Waals surface area contributed by atoms with Gasteiger partial charge in [-0.05, 0) is 30.7 Å². The molecule has 1 saturated heterocycles. The van der Waals surface area contributed by atoms with Crippen LogP contribution in [0.5, 0.6) is 0 Å². The average Bonchev–Trinajstić information content (AvgIpc) is 2.63. The second-order valence-corrected chi connectivity index (χ2v) is 6.84. The summed E-state index contributed by atoms with van der Waals surface area (Å²) in [5, 5.41) is 6.50. The van der Waals surface area contributed by atoms with Crippen LogP contribution in [0.3, 0.4) is 0 Å². The number of anilines is 1. The van der Waals surface area contributed by atoms with Gasteiger partial charge in [0.15, 0.2) is 0 Å². The van der Waals surface area contributed by atoms with Gasteiger partial charge in [0.1, 0.15) is 0 Å². The van der Waals surface area contributed by atoms with E-state index in [4.69, 9.17) is 16.3 Å². The molecule has 1 fully saturated rings. The summed E-state index contributed by atoms with van der Waals surface area (Å²) in [5.41, 5.74) is 1.86. The zero-order chi connectivity index (χ0) is 18.4. The van der Waals surface area contributed by atoms with Crippen LogP contribution in [-0.4, -0.2) is 43.3 Å². The molecule has 1 aliphatic rings. The number of ether oxygens (including phenoxy) is 1. The van der Waals surface area contributed by atoms with Crippen molar-refractivity contribution >= 4 is 23.3 Å². The number of halogens is 1. The van der Waals surface area contributed by atoms with E-state index in [1.807, 2.05) is 37.3 Å². The molecule has 6 heteroatoms. The Labute approximate surface area is 159 Å². The molecular weight excluding hydrogens is 350 g/mol. The fourth-order valence-corrected chi connectivity index (χ4v) is 3.53. The number of rotatable bonds is 5. The van der Waals surface area contributed by atoms with Gasteiger partial charge in [-0.1, -0.05) is 48.0 Å².